The van der Waals surface area contributed by atoms with Gasteiger partial charge in [0.25, 0.3) is 11.1 Å². The Balaban J connectivity index is 1.26. The van der Waals surface area contributed by atoms with Crippen LogP contribution in [0.25, 0.3) is 27.8 Å². The summed E-state index contributed by atoms with van der Waals surface area (Å²) < 4.78 is 1.84. The Labute approximate surface area is 233 Å². The quantitative estimate of drug-likeness (QED) is 0.224. The molecule has 1 fully saturated rings. The van der Waals surface area contributed by atoms with Gasteiger partial charge in [-0.15, -0.1) is 0 Å². The van der Waals surface area contributed by atoms with Crippen molar-refractivity contribution >= 4 is 73.9 Å². The van der Waals surface area contributed by atoms with Gasteiger partial charge in [0.2, 0.25) is 5.91 Å². The van der Waals surface area contributed by atoms with Crippen LogP contribution in [0.15, 0.2) is 102 Å². The molecule has 0 atom stereocenters. The first kappa shape index (κ1) is 25.0. The predicted octanol–water partition coefficient (Wildman–Crippen LogP) is 7.32. The molecule has 1 aromatic heterocycles. The minimum atomic E-state index is -0.324. The maximum absolute atomic E-state index is 13.3. The molecule has 0 radical (unpaired) electrons. The summed E-state index contributed by atoms with van der Waals surface area (Å²) in [6.07, 6.45) is 3.58. The molecule has 39 heavy (non-hydrogen) atoms. The molecule has 1 aliphatic heterocycles. The lowest BCUT2D eigenvalue weighted by Gasteiger charge is -2.14. The van der Waals surface area contributed by atoms with Crippen LogP contribution in [0.4, 0.5) is 10.5 Å². The molecule has 2 heterocycles. The Morgan fingerprint density at radius 2 is 1.59 bits per heavy atom. The smallest absolute Gasteiger partial charge is 0.293 e. The van der Waals surface area contributed by atoms with Gasteiger partial charge >= 0.3 is 0 Å². The van der Waals surface area contributed by atoms with Crippen LogP contribution in [-0.4, -0.2) is 26.5 Å². The van der Waals surface area contributed by atoms with Gasteiger partial charge in [0.05, 0.1) is 11.4 Å². The minimum Gasteiger partial charge on any atom is -0.337 e. The number of thioether (sulfide) groups is 1. The summed E-state index contributed by atoms with van der Waals surface area (Å²) >= 11 is 6.87. The van der Waals surface area contributed by atoms with E-state index in [4.69, 9.17) is 11.6 Å². The number of benzene rings is 4. The first-order valence-corrected chi connectivity index (χ1v) is 13.5. The Morgan fingerprint density at radius 1 is 0.872 bits per heavy atom. The van der Waals surface area contributed by atoms with Gasteiger partial charge in [0.15, 0.2) is 0 Å². The van der Waals surface area contributed by atoms with Gasteiger partial charge in [-0.2, -0.15) is 0 Å². The molecule has 6 rings (SSSR count). The van der Waals surface area contributed by atoms with Crippen molar-refractivity contribution in [1.29, 1.82) is 0 Å². The molecule has 0 unspecified atom stereocenters. The second-order valence-corrected chi connectivity index (χ2v) is 10.6. The maximum atomic E-state index is 13.3. The van der Waals surface area contributed by atoms with Crippen molar-refractivity contribution < 1.29 is 14.4 Å². The number of hydrogen-bond donors (Lipinski definition) is 1. The molecular weight excluding hydrogens is 530 g/mol. The number of imide groups is 1. The summed E-state index contributed by atoms with van der Waals surface area (Å²) in [5, 5.41) is 6.13. The van der Waals surface area contributed by atoms with Crippen molar-refractivity contribution in [3.63, 3.8) is 0 Å². The van der Waals surface area contributed by atoms with Crippen LogP contribution in [-0.2, 0) is 22.7 Å². The largest absolute Gasteiger partial charge is 0.337 e. The van der Waals surface area contributed by atoms with Crippen LogP contribution >= 0.6 is 23.4 Å². The van der Waals surface area contributed by atoms with Gasteiger partial charge in [-0.1, -0.05) is 72.3 Å². The topological polar surface area (TPSA) is 71.4 Å². The van der Waals surface area contributed by atoms with Gasteiger partial charge < -0.3 is 9.88 Å². The van der Waals surface area contributed by atoms with E-state index < -0.39 is 0 Å². The van der Waals surface area contributed by atoms with Crippen molar-refractivity contribution in [2.24, 2.45) is 0 Å². The number of nitrogens with zero attached hydrogens (tertiary/aromatic N) is 2. The average Bonchev–Trinajstić information content (AvgIpc) is 3.41. The zero-order valence-electron chi connectivity index (χ0n) is 20.6. The van der Waals surface area contributed by atoms with Crippen molar-refractivity contribution in [3.05, 3.63) is 118 Å². The highest BCUT2D eigenvalue weighted by Crippen LogP contribution is 2.35. The normalized spacial score (nSPS) is 14.6. The third-order valence-corrected chi connectivity index (χ3v) is 7.79. The van der Waals surface area contributed by atoms with Gasteiger partial charge in [0.1, 0.15) is 6.54 Å². The van der Waals surface area contributed by atoms with Crippen molar-refractivity contribution in [2.75, 3.05) is 5.32 Å². The van der Waals surface area contributed by atoms with E-state index in [1.54, 1.807) is 30.3 Å². The van der Waals surface area contributed by atoms with Gasteiger partial charge in [-0.3, -0.25) is 19.3 Å². The first-order chi connectivity index (χ1) is 19.0. The number of carbonyl (C=O) groups is 3. The number of nitrogens with one attached hydrogen (secondary N) is 1. The van der Waals surface area contributed by atoms with Crippen LogP contribution in [0.2, 0.25) is 5.02 Å². The van der Waals surface area contributed by atoms with E-state index in [0.29, 0.717) is 15.6 Å². The Hall–Kier alpha value is -4.33. The minimum absolute atomic E-state index is 0.0829. The maximum Gasteiger partial charge on any atom is 0.293 e. The summed E-state index contributed by atoms with van der Waals surface area (Å²) in [5.41, 5.74) is 3.19. The highest BCUT2D eigenvalue weighted by molar-refractivity contribution is 8.18. The van der Waals surface area contributed by atoms with Crippen LogP contribution in [0, 0.1) is 0 Å². The zero-order valence-corrected chi connectivity index (χ0v) is 22.2. The van der Waals surface area contributed by atoms with Crippen LogP contribution in [0.3, 0.4) is 0 Å². The monoisotopic (exact) mass is 551 g/mol. The third-order valence-electron chi connectivity index (χ3n) is 6.63. The van der Waals surface area contributed by atoms with E-state index >= 15 is 0 Å². The summed E-state index contributed by atoms with van der Waals surface area (Å²) in [5.74, 6) is -0.518. The molecule has 5 aromatic rings. The number of fused-ring (bicyclic) bond motifs is 2. The number of anilines is 1. The summed E-state index contributed by atoms with van der Waals surface area (Å²) in [6.45, 7) is 0.287. The predicted molar refractivity (Wildman–Crippen MR) is 157 cm³/mol. The van der Waals surface area contributed by atoms with Crippen LogP contribution < -0.4 is 5.32 Å². The van der Waals surface area contributed by atoms with Crippen LogP contribution in [0.5, 0.6) is 0 Å². The van der Waals surface area contributed by atoms with E-state index in [0.717, 1.165) is 44.6 Å². The van der Waals surface area contributed by atoms with Crippen molar-refractivity contribution in [2.45, 2.75) is 13.1 Å². The van der Waals surface area contributed by atoms with E-state index in [-0.39, 0.29) is 30.1 Å². The number of rotatable bonds is 6. The Kier molecular flexibility index (Phi) is 6.69. The lowest BCUT2D eigenvalue weighted by molar-refractivity contribution is -0.123. The molecular formula is C31H22ClN3O3S. The lowest BCUT2D eigenvalue weighted by atomic mass is 10.0. The molecule has 1 aliphatic rings. The molecule has 8 heteroatoms. The molecule has 192 valence electrons. The third kappa shape index (κ3) is 5.06. The lowest BCUT2D eigenvalue weighted by Crippen LogP contribution is -2.27. The highest BCUT2D eigenvalue weighted by atomic mass is 35.5. The van der Waals surface area contributed by atoms with Gasteiger partial charge in [-0.05, 0) is 64.5 Å². The number of amides is 3. The summed E-state index contributed by atoms with van der Waals surface area (Å²) in [7, 11) is 0. The second kappa shape index (κ2) is 10.4. The molecule has 0 aliphatic carbocycles. The van der Waals surface area contributed by atoms with Gasteiger partial charge in [-0.25, -0.2) is 0 Å². The fourth-order valence-electron chi connectivity index (χ4n) is 4.79. The molecule has 1 saturated heterocycles. The molecule has 1 N–H and O–H groups in total. The average molecular weight is 552 g/mol. The molecule has 0 spiro atoms. The van der Waals surface area contributed by atoms with E-state index in [1.165, 1.54) is 4.90 Å². The fraction of sp³-hybridized carbons (Fsp3) is 0.0645. The number of aromatic nitrogens is 1. The molecule has 3 amide bonds. The second-order valence-electron chi connectivity index (χ2n) is 9.19. The van der Waals surface area contributed by atoms with Crippen molar-refractivity contribution in [3.8, 4) is 0 Å². The molecule has 4 aromatic carbocycles. The summed E-state index contributed by atoms with van der Waals surface area (Å²) in [4.78, 5) is 40.7. The zero-order chi connectivity index (χ0) is 26.9. The standard InChI is InChI=1S/C31H22ClN3O3S/c32-23-12-14-24(15-13-23)33-29(36)19-34-17-22(26-10-3-4-11-27(26)34)16-28-30(37)35(31(38)39-28)18-21-8-5-7-20-6-1-2-9-25(20)21/h1-17H,18-19H2,(H,33,36)/b28-16+. The van der Waals surface area contributed by atoms with E-state index in [1.807, 2.05) is 77.5 Å². The van der Waals surface area contributed by atoms with Gasteiger partial charge in [0, 0.05) is 33.4 Å². The molecule has 6 nitrogen and oxygen atoms in total. The number of halogens is 1. The van der Waals surface area contributed by atoms with E-state index in [9.17, 15) is 14.4 Å². The van der Waals surface area contributed by atoms with Crippen molar-refractivity contribution in [1.82, 2.24) is 9.47 Å². The Bertz CT molecular complexity index is 1790. The summed E-state index contributed by atoms with van der Waals surface area (Å²) in [6, 6.07) is 28.4. The molecule has 0 saturated carbocycles. The Morgan fingerprint density at radius 3 is 2.41 bits per heavy atom. The molecule has 0 bridgehead atoms. The first-order valence-electron chi connectivity index (χ1n) is 12.3. The van der Waals surface area contributed by atoms with Crippen LogP contribution in [0.1, 0.15) is 11.1 Å². The number of hydrogen-bond acceptors (Lipinski definition) is 4. The highest BCUT2D eigenvalue weighted by Gasteiger charge is 2.35. The number of para-hydroxylation sites is 1. The SMILES string of the molecule is O=C(Cn1cc(/C=C2/SC(=O)N(Cc3cccc4ccccc34)C2=O)c2ccccc21)Nc1ccc(Cl)cc1. The fourth-order valence-corrected chi connectivity index (χ4v) is 5.74. The number of carbonyl (C=O) groups excluding carboxylic acids is 3. The van der Waals surface area contributed by atoms with E-state index in [2.05, 4.69) is 5.32 Å².